The smallest absolute Gasteiger partial charge is 0.346 e. The highest BCUT2D eigenvalue weighted by atomic mass is 32.2. The molecule has 102 valence electrons. The lowest BCUT2D eigenvalue weighted by atomic mass is 10.3. The summed E-state index contributed by atoms with van der Waals surface area (Å²) < 4.78 is 27.4. The summed E-state index contributed by atoms with van der Waals surface area (Å²) in [6.07, 6.45) is 0. The van der Waals surface area contributed by atoms with E-state index in [1.165, 1.54) is 17.4 Å². The number of aryl methyl sites for hydroxylation is 1. The van der Waals surface area contributed by atoms with Gasteiger partial charge in [-0.1, -0.05) is 0 Å². The van der Waals surface area contributed by atoms with Crippen LogP contribution in [0.1, 0.15) is 29.1 Å². The zero-order chi connectivity index (χ0) is 14.1. The fourth-order valence-corrected chi connectivity index (χ4v) is 3.48. The molecule has 0 aromatic carbocycles. The Morgan fingerprint density at radius 3 is 2.44 bits per heavy atom. The molecule has 0 radical (unpaired) electrons. The maximum atomic E-state index is 11.9. The van der Waals surface area contributed by atoms with E-state index in [1.807, 2.05) is 0 Å². The van der Waals surface area contributed by atoms with Crippen molar-refractivity contribution in [3.63, 3.8) is 0 Å². The second kappa shape index (κ2) is 5.25. The van der Waals surface area contributed by atoms with Crippen molar-refractivity contribution in [2.75, 3.05) is 11.8 Å². The molecule has 2 N–H and O–H groups in total. The van der Waals surface area contributed by atoms with Gasteiger partial charge in [0.05, 0.1) is 0 Å². The first-order valence-electron chi connectivity index (χ1n) is 5.24. The molecule has 0 spiro atoms. The predicted molar refractivity (Wildman–Crippen MR) is 71.5 cm³/mol. The Morgan fingerprint density at radius 1 is 1.50 bits per heavy atom. The summed E-state index contributed by atoms with van der Waals surface area (Å²) >= 11 is 0.907. The summed E-state index contributed by atoms with van der Waals surface area (Å²) in [4.78, 5) is 11.0. The fraction of sp³-hybridized carbons (Fsp3) is 0.500. The van der Waals surface area contributed by atoms with Crippen LogP contribution in [0.15, 0.2) is 6.07 Å². The van der Waals surface area contributed by atoms with Crippen LogP contribution in [0.25, 0.3) is 0 Å². The summed E-state index contributed by atoms with van der Waals surface area (Å²) in [6, 6.07) is 1.34. The molecule has 0 amide bonds. The van der Waals surface area contributed by atoms with Gasteiger partial charge in [-0.2, -0.15) is 12.7 Å². The average molecular weight is 292 g/mol. The summed E-state index contributed by atoms with van der Waals surface area (Å²) in [5, 5.41) is 9.20. The van der Waals surface area contributed by atoms with Gasteiger partial charge in [0.2, 0.25) is 0 Å². The highest BCUT2D eigenvalue weighted by Gasteiger charge is 2.22. The number of hydrogen-bond donors (Lipinski definition) is 2. The number of nitrogens with one attached hydrogen (secondary N) is 1. The van der Waals surface area contributed by atoms with Crippen LogP contribution >= 0.6 is 11.3 Å². The summed E-state index contributed by atoms with van der Waals surface area (Å²) in [6.45, 7) is 5.13. The minimum absolute atomic E-state index is 0.139. The van der Waals surface area contributed by atoms with Crippen molar-refractivity contribution in [1.29, 1.82) is 0 Å². The van der Waals surface area contributed by atoms with Crippen LogP contribution in [0, 0.1) is 6.92 Å². The first kappa shape index (κ1) is 14.9. The molecular formula is C10H16N2O4S2. The number of carboxylic acids is 1. The summed E-state index contributed by atoms with van der Waals surface area (Å²) in [5.74, 6) is -1.06. The van der Waals surface area contributed by atoms with Crippen LogP contribution in [0.4, 0.5) is 5.00 Å². The third-order valence-electron chi connectivity index (χ3n) is 2.45. The molecule has 0 saturated carbocycles. The van der Waals surface area contributed by atoms with E-state index in [0.29, 0.717) is 10.6 Å². The quantitative estimate of drug-likeness (QED) is 0.865. The second-order valence-corrected chi connectivity index (χ2v) is 6.93. The molecular weight excluding hydrogens is 276 g/mol. The predicted octanol–water partition coefficient (Wildman–Crippen LogP) is 1.75. The highest BCUT2D eigenvalue weighted by molar-refractivity contribution is 7.90. The van der Waals surface area contributed by atoms with Gasteiger partial charge in [0, 0.05) is 13.1 Å². The SMILES string of the molecule is Cc1cc(NS(=O)(=O)N(C)C(C)C)sc1C(=O)O. The van der Waals surface area contributed by atoms with Gasteiger partial charge in [-0.05, 0) is 32.4 Å². The number of aromatic carboxylic acids is 1. The number of anilines is 1. The van der Waals surface area contributed by atoms with Crippen LogP contribution in [0.5, 0.6) is 0 Å². The summed E-state index contributed by atoms with van der Waals surface area (Å²) in [7, 11) is -2.18. The largest absolute Gasteiger partial charge is 0.477 e. The molecule has 0 bridgehead atoms. The Kier molecular flexibility index (Phi) is 4.36. The first-order chi connectivity index (χ1) is 8.15. The van der Waals surface area contributed by atoms with Crippen molar-refractivity contribution in [1.82, 2.24) is 4.31 Å². The van der Waals surface area contributed by atoms with Gasteiger partial charge < -0.3 is 5.11 Å². The molecule has 6 nitrogen and oxygen atoms in total. The fourth-order valence-electron chi connectivity index (χ4n) is 1.22. The third kappa shape index (κ3) is 3.21. The monoisotopic (exact) mass is 292 g/mol. The summed E-state index contributed by atoms with van der Waals surface area (Å²) in [5.41, 5.74) is 0.539. The Hall–Kier alpha value is -1.12. The van der Waals surface area contributed by atoms with E-state index < -0.39 is 16.2 Å². The number of thiophene rings is 1. The van der Waals surface area contributed by atoms with Gasteiger partial charge in [-0.25, -0.2) is 4.79 Å². The van der Waals surface area contributed by atoms with Gasteiger partial charge in [0.25, 0.3) is 0 Å². The minimum atomic E-state index is -3.64. The molecule has 0 saturated heterocycles. The van der Waals surface area contributed by atoms with Gasteiger partial charge in [0.1, 0.15) is 9.88 Å². The standard InChI is InChI=1S/C10H16N2O4S2/c1-6(2)12(4)18(15,16)11-8-5-7(3)9(17-8)10(13)14/h5-6,11H,1-4H3,(H,13,14). The minimum Gasteiger partial charge on any atom is -0.477 e. The maximum absolute atomic E-state index is 11.9. The number of carboxylic acid groups (broad SMARTS) is 1. The van der Waals surface area contributed by atoms with Crippen molar-refractivity contribution < 1.29 is 18.3 Å². The van der Waals surface area contributed by atoms with Crippen molar-refractivity contribution >= 4 is 32.5 Å². The van der Waals surface area contributed by atoms with Crippen molar-refractivity contribution in [2.24, 2.45) is 0 Å². The molecule has 1 aromatic rings. The third-order valence-corrected chi connectivity index (χ3v) is 5.38. The van der Waals surface area contributed by atoms with Gasteiger partial charge >= 0.3 is 16.2 Å². The molecule has 1 rings (SSSR count). The molecule has 18 heavy (non-hydrogen) atoms. The van der Waals surface area contributed by atoms with Crippen LogP contribution in [0.2, 0.25) is 0 Å². The van der Waals surface area contributed by atoms with E-state index in [4.69, 9.17) is 5.11 Å². The van der Waals surface area contributed by atoms with E-state index in [9.17, 15) is 13.2 Å². The zero-order valence-electron chi connectivity index (χ0n) is 10.6. The number of carbonyl (C=O) groups is 1. The van der Waals surface area contributed by atoms with E-state index in [-0.39, 0.29) is 10.9 Å². The lowest BCUT2D eigenvalue weighted by molar-refractivity contribution is 0.0701. The van der Waals surface area contributed by atoms with Gasteiger partial charge in [-0.15, -0.1) is 11.3 Å². The van der Waals surface area contributed by atoms with Gasteiger partial charge in [-0.3, -0.25) is 4.72 Å². The Bertz CT molecular complexity index is 548. The molecule has 0 unspecified atom stereocenters. The van der Waals surface area contributed by atoms with E-state index in [1.54, 1.807) is 20.8 Å². The number of rotatable bonds is 5. The second-order valence-electron chi connectivity index (χ2n) is 4.14. The highest BCUT2D eigenvalue weighted by Crippen LogP contribution is 2.27. The van der Waals surface area contributed by atoms with E-state index in [0.717, 1.165) is 11.3 Å². The Labute approximate surface area is 110 Å². The van der Waals surface area contributed by atoms with Crippen LogP contribution in [0.3, 0.4) is 0 Å². The Morgan fingerprint density at radius 2 is 2.06 bits per heavy atom. The number of hydrogen-bond acceptors (Lipinski definition) is 4. The molecule has 8 heteroatoms. The maximum Gasteiger partial charge on any atom is 0.346 e. The van der Waals surface area contributed by atoms with Crippen LogP contribution in [-0.4, -0.2) is 36.9 Å². The molecule has 0 aliphatic heterocycles. The molecule has 0 atom stereocenters. The molecule has 0 aliphatic carbocycles. The van der Waals surface area contributed by atoms with E-state index in [2.05, 4.69) is 4.72 Å². The molecule has 1 heterocycles. The van der Waals surface area contributed by atoms with E-state index >= 15 is 0 Å². The zero-order valence-corrected chi connectivity index (χ0v) is 12.2. The lowest BCUT2D eigenvalue weighted by Gasteiger charge is -2.20. The number of nitrogens with zero attached hydrogens (tertiary/aromatic N) is 1. The van der Waals surface area contributed by atoms with Crippen LogP contribution < -0.4 is 4.72 Å². The topological polar surface area (TPSA) is 86.7 Å². The van der Waals surface area contributed by atoms with Crippen molar-refractivity contribution in [2.45, 2.75) is 26.8 Å². The Balaban J connectivity index is 2.99. The van der Waals surface area contributed by atoms with Crippen LogP contribution in [-0.2, 0) is 10.2 Å². The van der Waals surface area contributed by atoms with Gasteiger partial charge in [0.15, 0.2) is 0 Å². The average Bonchev–Trinajstić information content (AvgIpc) is 2.57. The first-order valence-corrected chi connectivity index (χ1v) is 7.50. The normalized spacial score (nSPS) is 12.1. The molecule has 1 aromatic heterocycles. The molecule has 0 fully saturated rings. The van der Waals surface area contributed by atoms with Crippen molar-refractivity contribution in [3.8, 4) is 0 Å². The van der Waals surface area contributed by atoms with Crippen molar-refractivity contribution in [3.05, 3.63) is 16.5 Å². The molecule has 0 aliphatic rings. The lowest BCUT2D eigenvalue weighted by Crippen LogP contribution is -2.37.